The summed E-state index contributed by atoms with van der Waals surface area (Å²) in [5, 5.41) is 3.19. The van der Waals surface area contributed by atoms with Crippen LogP contribution in [0.3, 0.4) is 0 Å². The average molecular weight is 419 g/mol. The van der Waals surface area contributed by atoms with Crippen molar-refractivity contribution in [3.63, 3.8) is 0 Å². The summed E-state index contributed by atoms with van der Waals surface area (Å²) in [4.78, 5) is 24.9. The number of rotatable bonds is 6. The quantitative estimate of drug-likeness (QED) is 0.546. The smallest absolute Gasteiger partial charge is 0.222 e. The molecule has 1 atom stereocenters. The lowest BCUT2D eigenvalue weighted by molar-refractivity contribution is -0.122. The molecule has 0 bridgehead atoms. The SMILES string of the molecule is CC(=O)c1cc(-c2ccc(F)cc2)n(CCC(=O)N[C@@H]2CCCc3ccccc32)c1C. The number of Topliss-reactive ketones (excluding diaryl/α,β-unsaturated/α-hetero) is 1. The third-order valence-electron chi connectivity index (χ3n) is 6.15. The molecule has 4 nitrogen and oxygen atoms in total. The van der Waals surface area contributed by atoms with Crippen molar-refractivity contribution < 1.29 is 14.0 Å². The molecule has 0 spiro atoms. The van der Waals surface area contributed by atoms with Gasteiger partial charge in [-0.05, 0) is 80.1 Å². The van der Waals surface area contributed by atoms with Gasteiger partial charge in [-0.1, -0.05) is 24.3 Å². The van der Waals surface area contributed by atoms with E-state index in [1.54, 1.807) is 12.1 Å². The van der Waals surface area contributed by atoms with E-state index >= 15 is 0 Å². The predicted molar refractivity (Wildman–Crippen MR) is 119 cm³/mol. The van der Waals surface area contributed by atoms with Gasteiger partial charge in [0, 0.05) is 29.9 Å². The van der Waals surface area contributed by atoms with E-state index in [-0.39, 0.29) is 23.5 Å². The lowest BCUT2D eigenvalue weighted by atomic mass is 9.87. The number of hydrogen-bond acceptors (Lipinski definition) is 2. The maximum absolute atomic E-state index is 13.4. The largest absolute Gasteiger partial charge is 0.349 e. The Balaban J connectivity index is 1.52. The first-order valence-electron chi connectivity index (χ1n) is 10.8. The number of nitrogens with zero attached hydrogens (tertiary/aromatic N) is 1. The van der Waals surface area contributed by atoms with E-state index in [9.17, 15) is 14.0 Å². The van der Waals surface area contributed by atoms with Crippen LogP contribution in [0.25, 0.3) is 11.3 Å². The lowest BCUT2D eigenvalue weighted by Crippen LogP contribution is -2.31. The normalized spacial score (nSPS) is 15.4. The molecular weight excluding hydrogens is 391 g/mol. The molecule has 5 heteroatoms. The second kappa shape index (κ2) is 8.88. The summed E-state index contributed by atoms with van der Waals surface area (Å²) in [6.45, 7) is 3.87. The van der Waals surface area contributed by atoms with Crippen LogP contribution in [0.5, 0.6) is 0 Å². The minimum absolute atomic E-state index is 0.00997. The first-order valence-corrected chi connectivity index (χ1v) is 10.8. The van der Waals surface area contributed by atoms with Crippen molar-refractivity contribution in [2.45, 2.75) is 52.1 Å². The molecule has 0 unspecified atom stereocenters. The highest BCUT2D eigenvalue weighted by atomic mass is 19.1. The highest BCUT2D eigenvalue weighted by molar-refractivity contribution is 5.96. The topological polar surface area (TPSA) is 51.1 Å². The van der Waals surface area contributed by atoms with Crippen LogP contribution in [-0.4, -0.2) is 16.3 Å². The molecule has 1 aliphatic carbocycles. The molecule has 0 saturated carbocycles. The number of fused-ring (bicyclic) bond motifs is 1. The number of aromatic nitrogens is 1. The summed E-state index contributed by atoms with van der Waals surface area (Å²) < 4.78 is 15.4. The van der Waals surface area contributed by atoms with E-state index in [0.29, 0.717) is 18.5 Å². The number of carbonyl (C=O) groups is 2. The number of carbonyl (C=O) groups excluding carboxylic acids is 2. The van der Waals surface area contributed by atoms with Crippen LogP contribution in [-0.2, 0) is 17.8 Å². The Morgan fingerprint density at radius 2 is 1.87 bits per heavy atom. The van der Waals surface area contributed by atoms with Gasteiger partial charge in [-0.15, -0.1) is 0 Å². The third kappa shape index (κ3) is 4.46. The van der Waals surface area contributed by atoms with Gasteiger partial charge in [-0.25, -0.2) is 4.39 Å². The monoisotopic (exact) mass is 418 g/mol. The highest BCUT2D eigenvalue weighted by Crippen LogP contribution is 2.30. The van der Waals surface area contributed by atoms with E-state index < -0.39 is 0 Å². The molecule has 4 rings (SSSR count). The second-order valence-corrected chi connectivity index (χ2v) is 8.20. The fourth-order valence-electron chi connectivity index (χ4n) is 4.53. The summed E-state index contributed by atoms with van der Waals surface area (Å²) in [6, 6.07) is 16.4. The van der Waals surface area contributed by atoms with Gasteiger partial charge >= 0.3 is 0 Å². The minimum Gasteiger partial charge on any atom is -0.349 e. The van der Waals surface area contributed by atoms with E-state index in [4.69, 9.17) is 0 Å². The summed E-state index contributed by atoms with van der Waals surface area (Å²) in [5.74, 6) is -0.343. The molecular formula is C26H27FN2O2. The van der Waals surface area contributed by atoms with Crippen molar-refractivity contribution >= 4 is 11.7 Å². The second-order valence-electron chi connectivity index (χ2n) is 8.20. The van der Waals surface area contributed by atoms with Crippen LogP contribution < -0.4 is 5.32 Å². The van der Waals surface area contributed by atoms with Crippen LogP contribution in [0.15, 0.2) is 54.6 Å². The van der Waals surface area contributed by atoms with Crippen molar-refractivity contribution in [2.75, 3.05) is 0 Å². The van der Waals surface area contributed by atoms with E-state index in [2.05, 4.69) is 17.4 Å². The molecule has 160 valence electrons. The Morgan fingerprint density at radius 3 is 2.61 bits per heavy atom. The van der Waals surface area contributed by atoms with Gasteiger partial charge < -0.3 is 9.88 Å². The van der Waals surface area contributed by atoms with Crippen molar-refractivity contribution in [1.29, 1.82) is 0 Å². The fourth-order valence-corrected chi connectivity index (χ4v) is 4.53. The van der Waals surface area contributed by atoms with Crippen LogP contribution in [0.4, 0.5) is 4.39 Å². The fraction of sp³-hybridized carbons (Fsp3) is 0.308. The summed E-state index contributed by atoms with van der Waals surface area (Å²) in [6.07, 6.45) is 3.37. The molecule has 0 fully saturated rings. The number of nitrogens with one attached hydrogen (secondary N) is 1. The average Bonchev–Trinajstić information content (AvgIpc) is 3.09. The maximum Gasteiger partial charge on any atom is 0.222 e. The molecule has 2 aromatic carbocycles. The Labute approximate surface area is 182 Å². The maximum atomic E-state index is 13.4. The first kappa shape index (κ1) is 21.0. The van der Waals surface area contributed by atoms with Crippen LogP contribution in [0, 0.1) is 12.7 Å². The molecule has 1 aliphatic rings. The molecule has 0 aliphatic heterocycles. The standard InChI is InChI=1S/C26H27FN2O2/c1-17-23(18(2)30)16-25(20-10-12-21(27)13-11-20)29(17)15-14-26(31)28-24-9-5-7-19-6-3-4-8-22(19)24/h3-4,6,8,10-13,16,24H,5,7,9,14-15H2,1-2H3,(H,28,31)/t24-/m1/s1. The summed E-state index contributed by atoms with van der Waals surface area (Å²) >= 11 is 0. The Hall–Kier alpha value is -3.21. The van der Waals surface area contributed by atoms with E-state index in [1.165, 1.54) is 30.2 Å². The summed E-state index contributed by atoms with van der Waals surface area (Å²) in [7, 11) is 0. The molecule has 1 N–H and O–H groups in total. The predicted octanol–water partition coefficient (Wildman–Crippen LogP) is 5.39. The summed E-state index contributed by atoms with van der Waals surface area (Å²) in [5.41, 5.74) is 5.61. The van der Waals surface area contributed by atoms with Gasteiger partial charge in [0.25, 0.3) is 0 Å². The zero-order valence-corrected chi connectivity index (χ0v) is 18.0. The number of halogens is 1. The number of aryl methyl sites for hydroxylation is 1. The van der Waals surface area contributed by atoms with Crippen molar-refractivity contribution in [3.05, 3.63) is 82.8 Å². The molecule has 1 amide bonds. The van der Waals surface area contributed by atoms with Crippen molar-refractivity contribution in [3.8, 4) is 11.3 Å². The first-order chi connectivity index (χ1) is 14.9. The Bertz CT molecular complexity index is 1110. The lowest BCUT2D eigenvalue weighted by Gasteiger charge is -2.26. The van der Waals surface area contributed by atoms with Crippen molar-refractivity contribution in [1.82, 2.24) is 9.88 Å². The number of benzene rings is 2. The zero-order chi connectivity index (χ0) is 22.0. The van der Waals surface area contributed by atoms with Gasteiger partial charge in [0.1, 0.15) is 5.82 Å². The van der Waals surface area contributed by atoms with Crippen LogP contribution in [0.2, 0.25) is 0 Å². The van der Waals surface area contributed by atoms with E-state index in [1.807, 2.05) is 29.7 Å². The zero-order valence-electron chi connectivity index (χ0n) is 18.0. The molecule has 3 aromatic rings. The molecule has 31 heavy (non-hydrogen) atoms. The minimum atomic E-state index is -0.308. The van der Waals surface area contributed by atoms with Crippen LogP contribution in [0.1, 0.15) is 59.4 Å². The van der Waals surface area contributed by atoms with Gasteiger partial charge in [0.05, 0.1) is 6.04 Å². The van der Waals surface area contributed by atoms with Gasteiger partial charge in [0.15, 0.2) is 5.78 Å². The molecule has 1 heterocycles. The third-order valence-corrected chi connectivity index (χ3v) is 6.15. The highest BCUT2D eigenvalue weighted by Gasteiger charge is 2.22. The van der Waals surface area contributed by atoms with Crippen LogP contribution >= 0.6 is 0 Å². The number of hydrogen-bond donors (Lipinski definition) is 1. The van der Waals surface area contributed by atoms with Crippen molar-refractivity contribution in [2.24, 2.45) is 0 Å². The van der Waals surface area contributed by atoms with E-state index in [0.717, 1.165) is 36.2 Å². The molecule has 1 aromatic heterocycles. The number of amides is 1. The molecule has 0 saturated heterocycles. The van der Waals surface area contributed by atoms with Gasteiger partial charge in [0.2, 0.25) is 5.91 Å². The van der Waals surface area contributed by atoms with Gasteiger partial charge in [-0.3, -0.25) is 9.59 Å². The Kier molecular flexibility index (Phi) is 6.03. The Morgan fingerprint density at radius 1 is 1.13 bits per heavy atom. The number of ketones is 1. The van der Waals surface area contributed by atoms with Gasteiger partial charge in [-0.2, -0.15) is 0 Å². The molecule has 0 radical (unpaired) electrons.